The largest absolute Gasteiger partial charge is 0.369 e. The number of anilines is 1. The molecule has 0 radical (unpaired) electrons. The Labute approximate surface area is 115 Å². The van der Waals surface area contributed by atoms with Crippen molar-refractivity contribution in [2.75, 3.05) is 11.9 Å². The van der Waals surface area contributed by atoms with Crippen LogP contribution < -0.4 is 10.6 Å². The lowest BCUT2D eigenvalue weighted by atomic mass is 10.1. The van der Waals surface area contributed by atoms with Gasteiger partial charge in [-0.2, -0.15) is 0 Å². The summed E-state index contributed by atoms with van der Waals surface area (Å²) in [5.74, 6) is 1.10. The van der Waals surface area contributed by atoms with Crippen molar-refractivity contribution in [3.63, 3.8) is 0 Å². The van der Waals surface area contributed by atoms with E-state index in [2.05, 4.69) is 41.6 Å². The Kier molecular flexibility index (Phi) is 6.25. The van der Waals surface area contributed by atoms with Gasteiger partial charge in [0.15, 0.2) is 5.69 Å². The minimum absolute atomic E-state index is 0.146. The monoisotopic (exact) mass is 264 g/mol. The van der Waals surface area contributed by atoms with E-state index < -0.39 is 0 Å². The number of aromatic nitrogens is 2. The molecule has 0 fully saturated rings. The molecule has 2 N–H and O–H groups in total. The fourth-order valence-electron chi connectivity index (χ4n) is 1.86. The van der Waals surface area contributed by atoms with Crippen LogP contribution in [0.5, 0.6) is 0 Å². The Morgan fingerprint density at radius 2 is 2.00 bits per heavy atom. The van der Waals surface area contributed by atoms with Gasteiger partial charge in [0.1, 0.15) is 5.82 Å². The maximum absolute atomic E-state index is 11.9. The summed E-state index contributed by atoms with van der Waals surface area (Å²) in [6.07, 6.45) is 1.98. The highest BCUT2D eigenvalue weighted by Gasteiger charge is 2.12. The summed E-state index contributed by atoms with van der Waals surface area (Å²) in [5, 5.41) is 14.0. The fourth-order valence-corrected chi connectivity index (χ4v) is 1.86. The molecule has 5 heteroatoms. The molecule has 0 saturated heterocycles. The molecule has 0 aliphatic heterocycles. The highest BCUT2D eigenvalue weighted by Crippen LogP contribution is 2.06. The van der Waals surface area contributed by atoms with Crippen LogP contribution in [0.3, 0.4) is 0 Å². The van der Waals surface area contributed by atoms with Crippen molar-refractivity contribution in [3.05, 3.63) is 17.8 Å². The van der Waals surface area contributed by atoms with E-state index in [1.165, 1.54) is 0 Å². The Balaban J connectivity index is 2.53. The van der Waals surface area contributed by atoms with Crippen molar-refractivity contribution < 1.29 is 4.79 Å². The van der Waals surface area contributed by atoms with Gasteiger partial charge < -0.3 is 10.6 Å². The van der Waals surface area contributed by atoms with Gasteiger partial charge >= 0.3 is 0 Å². The summed E-state index contributed by atoms with van der Waals surface area (Å²) in [4.78, 5) is 11.9. The molecule has 1 rings (SSSR count). The summed E-state index contributed by atoms with van der Waals surface area (Å²) in [7, 11) is 0. The molecule has 1 aromatic rings. The van der Waals surface area contributed by atoms with Gasteiger partial charge in [-0.15, -0.1) is 10.2 Å². The molecule has 0 saturated carbocycles. The molecule has 19 heavy (non-hydrogen) atoms. The average Bonchev–Trinajstić information content (AvgIpc) is 2.35. The van der Waals surface area contributed by atoms with E-state index in [9.17, 15) is 4.79 Å². The van der Waals surface area contributed by atoms with Crippen LogP contribution >= 0.6 is 0 Å². The van der Waals surface area contributed by atoms with E-state index in [4.69, 9.17) is 0 Å². The van der Waals surface area contributed by atoms with Gasteiger partial charge in [-0.25, -0.2) is 0 Å². The number of nitrogens with zero attached hydrogens (tertiary/aromatic N) is 2. The summed E-state index contributed by atoms with van der Waals surface area (Å²) in [6, 6.07) is 3.62. The number of hydrogen-bond donors (Lipinski definition) is 2. The quantitative estimate of drug-likeness (QED) is 0.794. The molecular formula is C14H24N4O. The van der Waals surface area contributed by atoms with Crippen molar-refractivity contribution in [1.29, 1.82) is 0 Å². The van der Waals surface area contributed by atoms with E-state index in [1.807, 2.05) is 6.92 Å². The molecule has 1 aromatic heterocycles. The molecule has 1 amide bonds. The molecule has 106 valence electrons. The van der Waals surface area contributed by atoms with Gasteiger partial charge in [-0.1, -0.05) is 20.8 Å². The minimum Gasteiger partial charge on any atom is -0.369 e. The first-order valence-corrected chi connectivity index (χ1v) is 6.91. The third-order valence-electron chi connectivity index (χ3n) is 2.66. The average molecular weight is 264 g/mol. The molecule has 1 heterocycles. The van der Waals surface area contributed by atoms with Crippen LogP contribution in [-0.4, -0.2) is 28.7 Å². The van der Waals surface area contributed by atoms with E-state index in [1.54, 1.807) is 12.1 Å². The molecule has 0 bridgehead atoms. The Morgan fingerprint density at radius 1 is 1.26 bits per heavy atom. The molecule has 1 atom stereocenters. The normalized spacial score (nSPS) is 12.3. The predicted octanol–water partition coefficient (Wildman–Crippen LogP) is 2.46. The highest BCUT2D eigenvalue weighted by molar-refractivity contribution is 5.92. The maximum Gasteiger partial charge on any atom is 0.272 e. The van der Waals surface area contributed by atoms with Crippen molar-refractivity contribution in [3.8, 4) is 0 Å². The number of carbonyl (C=O) groups excluding carboxylic acids is 1. The van der Waals surface area contributed by atoms with Crippen molar-refractivity contribution in [2.45, 2.75) is 46.6 Å². The number of hydrogen-bond acceptors (Lipinski definition) is 4. The topological polar surface area (TPSA) is 66.9 Å². The van der Waals surface area contributed by atoms with Crippen molar-refractivity contribution in [2.24, 2.45) is 5.92 Å². The second kappa shape index (κ2) is 7.71. The summed E-state index contributed by atoms with van der Waals surface area (Å²) in [6.45, 7) is 9.21. The first kappa shape index (κ1) is 15.4. The lowest BCUT2D eigenvalue weighted by molar-refractivity contribution is 0.0930. The maximum atomic E-state index is 11.9. The molecular weight excluding hydrogens is 240 g/mol. The molecule has 5 nitrogen and oxygen atoms in total. The van der Waals surface area contributed by atoms with Crippen LogP contribution in [0, 0.1) is 5.92 Å². The summed E-state index contributed by atoms with van der Waals surface area (Å²) in [5.41, 5.74) is 0.359. The zero-order valence-corrected chi connectivity index (χ0v) is 12.2. The number of carbonyl (C=O) groups is 1. The number of nitrogens with one attached hydrogen (secondary N) is 2. The van der Waals surface area contributed by atoms with Crippen molar-refractivity contribution >= 4 is 11.7 Å². The third kappa shape index (κ3) is 5.68. The lowest BCUT2D eigenvalue weighted by Gasteiger charge is -2.15. The predicted molar refractivity (Wildman–Crippen MR) is 77.2 cm³/mol. The highest BCUT2D eigenvalue weighted by atomic mass is 16.2. The van der Waals surface area contributed by atoms with Gasteiger partial charge in [-0.3, -0.25) is 4.79 Å². The Morgan fingerprint density at radius 3 is 2.53 bits per heavy atom. The van der Waals surface area contributed by atoms with Crippen LogP contribution in [0.25, 0.3) is 0 Å². The molecule has 0 spiro atoms. The summed E-state index contributed by atoms with van der Waals surface area (Å²) >= 11 is 0. The van der Waals surface area contributed by atoms with Crippen LogP contribution in [0.15, 0.2) is 12.1 Å². The van der Waals surface area contributed by atoms with Crippen molar-refractivity contribution in [1.82, 2.24) is 15.5 Å². The second-order valence-corrected chi connectivity index (χ2v) is 5.23. The Bertz CT molecular complexity index is 389. The third-order valence-corrected chi connectivity index (χ3v) is 2.66. The second-order valence-electron chi connectivity index (χ2n) is 5.23. The van der Waals surface area contributed by atoms with Crippen LogP contribution in [-0.2, 0) is 0 Å². The SMILES string of the molecule is CCCNc1ccc(C(=O)NC(C)CC(C)C)nn1. The zero-order valence-electron chi connectivity index (χ0n) is 12.2. The molecule has 0 aliphatic rings. The summed E-state index contributed by atoms with van der Waals surface area (Å²) < 4.78 is 0. The van der Waals surface area contributed by atoms with Crippen LogP contribution in [0.1, 0.15) is 51.0 Å². The van der Waals surface area contributed by atoms with Crippen LogP contribution in [0.4, 0.5) is 5.82 Å². The number of amides is 1. The van der Waals surface area contributed by atoms with Gasteiger partial charge in [-0.05, 0) is 37.8 Å². The zero-order chi connectivity index (χ0) is 14.3. The molecule has 0 aliphatic carbocycles. The lowest BCUT2D eigenvalue weighted by Crippen LogP contribution is -2.34. The van der Waals surface area contributed by atoms with Crippen LogP contribution in [0.2, 0.25) is 0 Å². The first-order chi connectivity index (χ1) is 9.02. The fraction of sp³-hybridized carbons (Fsp3) is 0.643. The van der Waals surface area contributed by atoms with Gasteiger partial charge in [0.25, 0.3) is 5.91 Å². The van der Waals surface area contributed by atoms with E-state index in [0.29, 0.717) is 17.4 Å². The minimum atomic E-state index is -0.164. The van der Waals surface area contributed by atoms with E-state index in [0.717, 1.165) is 19.4 Å². The van der Waals surface area contributed by atoms with E-state index in [-0.39, 0.29) is 11.9 Å². The molecule has 0 aromatic carbocycles. The van der Waals surface area contributed by atoms with Gasteiger partial charge in [0.05, 0.1) is 0 Å². The van der Waals surface area contributed by atoms with E-state index >= 15 is 0 Å². The first-order valence-electron chi connectivity index (χ1n) is 6.91. The smallest absolute Gasteiger partial charge is 0.272 e. The standard InChI is InChI=1S/C14H24N4O/c1-5-8-15-13-7-6-12(17-18-13)14(19)16-11(4)9-10(2)3/h6-7,10-11H,5,8-9H2,1-4H3,(H,15,18)(H,16,19). The van der Waals surface area contributed by atoms with Gasteiger partial charge in [0.2, 0.25) is 0 Å². The Hall–Kier alpha value is -1.65. The number of rotatable bonds is 7. The van der Waals surface area contributed by atoms with Gasteiger partial charge in [0, 0.05) is 12.6 Å². The molecule has 1 unspecified atom stereocenters.